The van der Waals surface area contributed by atoms with Crippen molar-refractivity contribution < 1.29 is 14.3 Å². The van der Waals surface area contributed by atoms with Crippen LogP contribution < -0.4 is 10.5 Å². The molecule has 0 saturated heterocycles. The Hall–Kier alpha value is -1.62. The van der Waals surface area contributed by atoms with Crippen LogP contribution in [0.2, 0.25) is 0 Å². The molecule has 5 heteroatoms. The summed E-state index contributed by atoms with van der Waals surface area (Å²) in [7, 11) is 2.87. The molecule has 0 aliphatic carbocycles. The van der Waals surface area contributed by atoms with E-state index < -0.39 is 17.4 Å². The fourth-order valence-corrected chi connectivity index (χ4v) is 1.48. The zero-order chi connectivity index (χ0) is 13.1. The van der Waals surface area contributed by atoms with Crippen LogP contribution in [0.5, 0.6) is 5.88 Å². The third-order valence-electron chi connectivity index (χ3n) is 2.92. The first-order chi connectivity index (χ1) is 7.93. The number of ether oxygens (including phenoxy) is 2. The SMILES string of the molecule is COC(=O)C(N)C(C)(C)c1ccc(OC)nc1. The Labute approximate surface area is 101 Å². The Bertz CT molecular complexity index is 387. The lowest BCUT2D eigenvalue weighted by molar-refractivity contribution is -0.143. The summed E-state index contributed by atoms with van der Waals surface area (Å²) in [6.45, 7) is 3.75. The minimum absolute atomic E-state index is 0.439. The molecule has 0 radical (unpaired) electrons. The topological polar surface area (TPSA) is 74.4 Å². The van der Waals surface area contributed by atoms with Crippen LogP contribution in [0.1, 0.15) is 19.4 Å². The quantitative estimate of drug-likeness (QED) is 0.788. The molecule has 0 fully saturated rings. The summed E-state index contributed by atoms with van der Waals surface area (Å²) in [4.78, 5) is 15.6. The molecule has 1 aromatic rings. The Kier molecular flexibility index (Phi) is 4.07. The van der Waals surface area contributed by atoms with Gasteiger partial charge in [-0.1, -0.05) is 19.9 Å². The largest absolute Gasteiger partial charge is 0.481 e. The lowest BCUT2D eigenvalue weighted by atomic mass is 9.79. The Balaban J connectivity index is 2.99. The van der Waals surface area contributed by atoms with Crippen molar-refractivity contribution in [1.82, 2.24) is 4.98 Å². The summed E-state index contributed by atoms with van der Waals surface area (Å²) in [6, 6.07) is 2.85. The van der Waals surface area contributed by atoms with Gasteiger partial charge in [0.05, 0.1) is 14.2 Å². The fourth-order valence-electron chi connectivity index (χ4n) is 1.48. The lowest BCUT2D eigenvalue weighted by Crippen LogP contribution is -2.47. The maximum absolute atomic E-state index is 11.5. The highest BCUT2D eigenvalue weighted by molar-refractivity contribution is 5.77. The van der Waals surface area contributed by atoms with Gasteiger partial charge in [-0.15, -0.1) is 0 Å². The molecule has 0 bridgehead atoms. The molecule has 5 nitrogen and oxygen atoms in total. The number of hydrogen-bond acceptors (Lipinski definition) is 5. The molecular formula is C12H18N2O3. The first-order valence-electron chi connectivity index (χ1n) is 5.27. The van der Waals surface area contributed by atoms with E-state index in [1.807, 2.05) is 19.9 Å². The van der Waals surface area contributed by atoms with Gasteiger partial charge < -0.3 is 15.2 Å². The van der Waals surface area contributed by atoms with E-state index in [0.29, 0.717) is 5.88 Å². The molecule has 0 aliphatic rings. The number of hydrogen-bond donors (Lipinski definition) is 1. The van der Waals surface area contributed by atoms with Gasteiger partial charge in [-0.2, -0.15) is 0 Å². The van der Waals surface area contributed by atoms with E-state index in [-0.39, 0.29) is 0 Å². The van der Waals surface area contributed by atoms with Crippen molar-refractivity contribution in [3.8, 4) is 5.88 Å². The fraction of sp³-hybridized carbons (Fsp3) is 0.500. The second kappa shape index (κ2) is 5.14. The number of aromatic nitrogens is 1. The molecule has 94 valence electrons. The zero-order valence-electron chi connectivity index (χ0n) is 10.6. The number of pyridine rings is 1. The van der Waals surface area contributed by atoms with Crippen LogP contribution in [-0.2, 0) is 14.9 Å². The molecule has 0 saturated carbocycles. The van der Waals surface area contributed by atoms with E-state index in [1.54, 1.807) is 19.4 Å². The highest BCUT2D eigenvalue weighted by Crippen LogP contribution is 2.27. The van der Waals surface area contributed by atoms with Crippen molar-refractivity contribution >= 4 is 5.97 Å². The number of nitrogens with zero attached hydrogens (tertiary/aromatic N) is 1. The minimum atomic E-state index is -0.734. The van der Waals surface area contributed by atoms with Crippen molar-refractivity contribution in [2.24, 2.45) is 5.73 Å². The van der Waals surface area contributed by atoms with E-state index in [1.165, 1.54) is 7.11 Å². The number of nitrogens with two attached hydrogens (primary N) is 1. The van der Waals surface area contributed by atoms with Crippen LogP contribution >= 0.6 is 0 Å². The second-order valence-corrected chi connectivity index (χ2v) is 4.31. The van der Waals surface area contributed by atoms with E-state index in [4.69, 9.17) is 10.5 Å². The molecule has 2 N–H and O–H groups in total. The zero-order valence-corrected chi connectivity index (χ0v) is 10.6. The van der Waals surface area contributed by atoms with Crippen molar-refractivity contribution in [3.63, 3.8) is 0 Å². The average molecular weight is 238 g/mol. The smallest absolute Gasteiger partial charge is 0.323 e. The standard InChI is InChI=1S/C12H18N2O3/c1-12(2,10(13)11(15)17-4)8-5-6-9(16-3)14-7-8/h5-7,10H,13H2,1-4H3. The van der Waals surface area contributed by atoms with Gasteiger partial charge in [0, 0.05) is 17.7 Å². The normalized spacial score (nSPS) is 13.0. The monoisotopic (exact) mass is 238 g/mol. The molecule has 0 spiro atoms. The maximum Gasteiger partial charge on any atom is 0.323 e. The molecule has 1 unspecified atom stereocenters. The first-order valence-corrected chi connectivity index (χ1v) is 5.27. The van der Waals surface area contributed by atoms with Crippen molar-refractivity contribution in [3.05, 3.63) is 23.9 Å². The number of methoxy groups -OCH3 is 2. The molecule has 1 atom stereocenters. The summed E-state index contributed by atoms with van der Waals surface area (Å²) in [6.07, 6.45) is 1.65. The third-order valence-corrected chi connectivity index (χ3v) is 2.92. The van der Waals surface area contributed by atoms with E-state index in [0.717, 1.165) is 5.56 Å². The summed E-state index contributed by atoms with van der Waals surface area (Å²) in [5.41, 5.74) is 6.18. The molecule has 0 aromatic carbocycles. The maximum atomic E-state index is 11.5. The summed E-state index contributed by atoms with van der Waals surface area (Å²) >= 11 is 0. The molecule has 0 amide bonds. The molecule has 1 aromatic heterocycles. The van der Waals surface area contributed by atoms with Gasteiger partial charge in [0.25, 0.3) is 0 Å². The van der Waals surface area contributed by atoms with Gasteiger partial charge in [-0.25, -0.2) is 4.98 Å². The van der Waals surface area contributed by atoms with Crippen LogP contribution in [-0.4, -0.2) is 31.2 Å². The van der Waals surface area contributed by atoms with Crippen molar-refractivity contribution in [2.45, 2.75) is 25.3 Å². The van der Waals surface area contributed by atoms with Gasteiger partial charge in [-0.3, -0.25) is 4.79 Å². The molecule has 17 heavy (non-hydrogen) atoms. The van der Waals surface area contributed by atoms with Gasteiger partial charge in [0.15, 0.2) is 0 Å². The lowest BCUT2D eigenvalue weighted by Gasteiger charge is -2.29. The highest BCUT2D eigenvalue weighted by atomic mass is 16.5. The molecule has 1 rings (SSSR count). The van der Waals surface area contributed by atoms with Crippen LogP contribution in [0, 0.1) is 0 Å². The molecular weight excluding hydrogens is 220 g/mol. The highest BCUT2D eigenvalue weighted by Gasteiger charge is 2.34. The second-order valence-electron chi connectivity index (χ2n) is 4.31. The van der Waals surface area contributed by atoms with Gasteiger partial charge in [-0.05, 0) is 5.56 Å². The van der Waals surface area contributed by atoms with Crippen LogP contribution in [0.4, 0.5) is 0 Å². The van der Waals surface area contributed by atoms with Crippen LogP contribution in [0.15, 0.2) is 18.3 Å². The number of esters is 1. The first kappa shape index (κ1) is 13.4. The van der Waals surface area contributed by atoms with Gasteiger partial charge in [0.1, 0.15) is 6.04 Å². The van der Waals surface area contributed by atoms with E-state index in [9.17, 15) is 4.79 Å². The minimum Gasteiger partial charge on any atom is -0.481 e. The van der Waals surface area contributed by atoms with E-state index >= 15 is 0 Å². The average Bonchev–Trinajstić information content (AvgIpc) is 2.36. The summed E-state index contributed by atoms with van der Waals surface area (Å²) in [5, 5.41) is 0. The number of carbonyl (C=O) groups excluding carboxylic acids is 1. The Morgan fingerprint density at radius 3 is 2.47 bits per heavy atom. The summed E-state index contributed by atoms with van der Waals surface area (Å²) < 4.78 is 9.63. The van der Waals surface area contributed by atoms with Gasteiger partial charge in [0.2, 0.25) is 5.88 Å². The predicted octanol–water partition coefficient (Wildman–Crippen LogP) is 0.868. The number of carbonyl (C=O) groups is 1. The van der Waals surface area contributed by atoms with E-state index in [2.05, 4.69) is 9.72 Å². The Morgan fingerprint density at radius 1 is 1.41 bits per heavy atom. The van der Waals surface area contributed by atoms with Crippen LogP contribution in [0.3, 0.4) is 0 Å². The predicted molar refractivity (Wildman–Crippen MR) is 63.8 cm³/mol. The van der Waals surface area contributed by atoms with Crippen LogP contribution in [0.25, 0.3) is 0 Å². The van der Waals surface area contributed by atoms with Crippen molar-refractivity contribution in [2.75, 3.05) is 14.2 Å². The molecule has 0 aliphatic heterocycles. The molecule has 1 heterocycles. The summed E-state index contributed by atoms with van der Waals surface area (Å²) in [5.74, 6) is 0.0852. The van der Waals surface area contributed by atoms with Crippen molar-refractivity contribution in [1.29, 1.82) is 0 Å². The van der Waals surface area contributed by atoms with Gasteiger partial charge >= 0.3 is 5.97 Å². The Morgan fingerprint density at radius 2 is 2.06 bits per heavy atom. The number of rotatable bonds is 4. The third kappa shape index (κ3) is 2.74.